The van der Waals surface area contributed by atoms with Crippen molar-refractivity contribution in [2.24, 2.45) is 11.1 Å². The van der Waals surface area contributed by atoms with Crippen LogP contribution in [0.2, 0.25) is 0 Å². The first-order chi connectivity index (χ1) is 8.15. The van der Waals surface area contributed by atoms with Crippen molar-refractivity contribution in [3.8, 4) is 0 Å². The Kier molecular flexibility index (Phi) is 4.39. The van der Waals surface area contributed by atoms with Gasteiger partial charge in [0.25, 0.3) is 0 Å². The van der Waals surface area contributed by atoms with Crippen LogP contribution in [0.4, 0.5) is 0 Å². The zero-order valence-electron chi connectivity index (χ0n) is 10.5. The van der Waals surface area contributed by atoms with Crippen molar-refractivity contribution in [2.45, 2.75) is 51.0 Å². The summed E-state index contributed by atoms with van der Waals surface area (Å²) in [6, 6.07) is 0.581. The number of thiocarbonyl (C=S) groups is 1. The molecule has 0 bridgehead atoms. The second-order valence-electron chi connectivity index (χ2n) is 5.78. The molecule has 3 N–H and O–H groups in total. The molecule has 1 atom stereocenters. The highest BCUT2D eigenvalue weighted by Crippen LogP contribution is 2.50. The molecule has 0 amide bonds. The summed E-state index contributed by atoms with van der Waals surface area (Å²) in [7, 11) is 0. The highest BCUT2D eigenvalue weighted by molar-refractivity contribution is 7.80. The van der Waals surface area contributed by atoms with Crippen LogP contribution in [0.3, 0.4) is 0 Å². The molecule has 2 fully saturated rings. The van der Waals surface area contributed by atoms with Gasteiger partial charge in [-0.15, -0.1) is 0 Å². The van der Waals surface area contributed by atoms with Gasteiger partial charge in [0, 0.05) is 25.6 Å². The predicted molar refractivity (Wildman–Crippen MR) is 74.0 cm³/mol. The van der Waals surface area contributed by atoms with Crippen LogP contribution in [0.1, 0.15) is 44.9 Å². The second kappa shape index (κ2) is 5.63. The second-order valence-corrected chi connectivity index (χ2v) is 6.30. The van der Waals surface area contributed by atoms with Gasteiger partial charge in [0.1, 0.15) is 0 Å². The molecule has 1 aliphatic carbocycles. The van der Waals surface area contributed by atoms with Crippen LogP contribution in [0.15, 0.2) is 0 Å². The molecule has 0 aromatic carbocycles. The van der Waals surface area contributed by atoms with Crippen LogP contribution in [-0.4, -0.2) is 40.7 Å². The molecule has 2 rings (SSSR count). The third-order valence-electron chi connectivity index (χ3n) is 4.26. The van der Waals surface area contributed by atoms with E-state index in [0.29, 0.717) is 23.1 Å². The number of piperidine rings is 1. The number of hydrogen-bond donors (Lipinski definition) is 2. The Morgan fingerprint density at radius 1 is 1.41 bits per heavy atom. The minimum Gasteiger partial charge on any atom is -0.396 e. The number of hydrogen-bond acceptors (Lipinski definition) is 3. The Bertz CT molecular complexity index is 277. The molecular formula is C13H24N2OS. The first-order valence-corrected chi connectivity index (χ1v) is 7.19. The lowest BCUT2D eigenvalue weighted by Gasteiger charge is -2.38. The van der Waals surface area contributed by atoms with Crippen LogP contribution in [0.25, 0.3) is 0 Å². The number of nitrogens with zero attached hydrogens (tertiary/aromatic N) is 1. The Morgan fingerprint density at radius 3 is 2.76 bits per heavy atom. The standard InChI is InChI=1S/C13H24N2OS/c14-12(17)9-13(5-6-13)10-15-7-2-1-3-11(15)4-8-16/h11,16H,1-10H2,(H2,14,17). The van der Waals surface area contributed by atoms with Gasteiger partial charge in [-0.3, -0.25) is 4.90 Å². The first kappa shape index (κ1) is 13.2. The third kappa shape index (κ3) is 3.63. The fourth-order valence-corrected chi connectivity index (χ4v) is 3.42. The van der Waals surface area contributed by atoms with Gasteiger partial charge in [-0.05, 0) is 44.1 Å². The maximum atomic E-state index is 9.13. The summed E-state index contributed by atoms with van der Waals surface area (Å²) in [5.41, 5.74) is 6.08. The zero-order valence-corrected chi connectivity index (χ0v) is 11.3. The number of nitrogens with two attached hydrogens (primary N) is 1. The summed E-state index contributed by atoms with van der Waals surface area (Å²) < 4.78 is 0. The molecule has 0 aromatic heterocycles. The van der Waals surface area contributed by atoms with Crippen molar-refractivity contribution in [2.75, 3.05) is 19.7 Å². The molecule has 1 heterocycles. The van der Waals surface area contributed by atoms with Crippen LogP contribution < -0.4 is 5.73 Å². The Balaban J connectivity index is 1.89. The van der Waals surface area contributed by atoms with E-state index in [1.807, 2.05) is 0 Å². The zero-order chi connectivity index (χ0) is 12.3. The number of rotatable bonds is 6. The molecule has 1 saturated heterocycles. The third-order valence-corrected chi connectivity index (χ3v) is 4.40. The smallest absolute Gasteiger partial charge is 0.0733 e. The number of likely N-dealkylation sites (tertiary alicyclic amines) is 1. The van der Waals surface area contributed by atoms with Gasteiger partial charge in [0.05, 0.1) is 4.99 Å². The van der Waals surface area contributed by atoms with Crippen molar-refractivity contribution in [1.29, 1.82) is 0 Å². The molecule has 3 nitrogen and oxygen atoms in total. The molecule has 0 radical (unpaired) electrons. The van der Waals surface area contributed by atoms with E-state index in [9.17, 15) is 0 Å². The van der Waals surface area contributed by atoms with Gasteiger partial charge in [-0.1, -0.05) is 18.6 Å². The summed E-state index contributed by atoms with van der Waals surface area (Å²) >= 11 is 5.05. The topological polar surface area (TPSA) is 49.5 Å². The molecule has 0 aromatic rings. The van der Waals surface area contributed by atoms with Crippen LogP contribution >= 0.6 is 12.2 Å². The summed E-state index contributed by atoms with van der Waals surface area (Å²) in [4.78, 5) is 3.24. The molecular weight excluding hydrogens is 232 g/mol. The lowest BCUT2D eigenvalue weighted by molar-refractivity contribution is 0.0975. The molecule has 1 saturated carbocycles. The van der Waals surface area contributed by atoms with E-state index >= 15 is 0 Å². The van der Waals surface area contributed by atoms with Crippen molar-refractivity contribution < 1.29 is 5.11 Å². The van der Waals surface area contributed by atoms with Crippen LogP contribution in [0, 0.1) is 5.41 Å². The fourth-order valence-electron chi connectivity index (χ4n) is 3.11. The molecule has 17 heavy (non-hydrogen) atoms. The van der Waals surface area contributed by atoms with Crippen molar-refractivity contribution in [3.05, 3.63) is 0 Å². The molecule has 4 heteroatoms. The highest BCUT2D eigenvalue weighted by atomic mass is 32.1. The Hall–Kier alpha value is -0.190. The van der Waals surface area contributed by atoms with E-state index in [0.717, 1.165) is 19.4 Å². The quantitative estimate of drug-likeness (QED) is 0.710. The van der Waals surface area contributed by atoms with E-state index < -0.39 is 0 Å². The lowest BCUT2D eigenvalue weighted by atomic mass is 9.95. The molecule has 1 unspecified atom stereocenters. The van der Waals surface area contributed by atoms with Gasteiger partial charge in [-0.25, -0.2) is 0 Å². The average Bonchev–Trinajstić information content (AvgIpc) is 3.00. The van der Waals surface area contributed by atoms with Gasteiger partial charge in [-0.2, -0.15) is 0 Å². The normalized spacial score (nSPS) is 27.9. The largest absolute Gasteiger partial charge is 0.396 e. The van der Waals surface area contributed by atoms with Gasteiger partial charge in [0.2, 0.25) is 0 Å². The van der Waals surface area contributed by atoms with Crippen LogP contribution in [-0.2, 0) is 0 Å². The predicted octanol–water partition coefficient (Wildman–Crippen LogP) is 1.68. The van der Waals surface area contributed by atoms with Gasteiger partial charge < -0.3 is 10.8 Å². The SMILES string of the molecule is NC(=S)CC1(CN2CCCCC2CCO)CC1. The maximum absolute atomic E-state index is 9.13. The fraction of sp³-hybridized carbons (Fsp3) is 0.923. The van der Waals surface area contributed by atoms with E-state index in [2.05, 4.69) is 4.90 Å². The lowest BCUT2D eigenvalue weighted by Crippen LogP contribution is -2.43. The molecule has 1 aliphatic heterocycles. The van der Waals surface area contributed by atoms with E-state index in [1.165, 1.54) is 38.6 Å². The minimum absolute atomic E-state index is 0.309. The number of aliphatic hydroxyl groups excluding tert-OH is 1. The summed E-state index contributed by atoms with van der Waals surface area (Å²) in [6.07, 6.45) is 8.21. The van der Waals surface area contributed by atoms with E-state index in [4.69, 9.17) is 23.1 Å². The Morgan fingerprint density at radius 2 is 2.18 bits per heavy atom. The van der Waals surface area contributed by atoms with E-state index in [1.54, 1.807) is 0 Å². The minimum atomic E-state index is 0.309. The Labute approximate surface area is 109 Å². The van der Waals surface area contributed by atoms with E-state index in [-0.39, 0.29) is 0 Å². The van der Waals surface area contributed by atoms with Gasteiger partial charge >= 0.3 is 0 Å². The molecule has 0 spiro atoms. The first-order valence-electron chi connectivity index (χ1n) is 6.78. The number of aliphatic hydroxyl groups is 1. The highest BCUT2D eigenvalue weighted by Gasteiger charge is 2.45. The van der Waals surface area contributed by atoms with Crippen molar-refractivity contribution in [1.82, 2.24) is 4.90 Å². The molecule has 98 valence electrons. The maximum Gasteiger partial charge on any atom is 0.0733 e. The average molecular weight is 256 g/mol. The molecule has 2 aliphatic rings. The summed E-state index contributed by atoms with van der Waals surface area (Å²) in [5.74, 6) is 0. The van der Waals surface area contributed by atoms with Gasteiger partial charge in [0.15, 0.2) is 0 Å². The van der Waals surface area contributed by atoms with Crippen molar-refractivity contribution in [3.63, 3.8) is 0 Å². The summed E-state index contributed by atoms with van der Waals surface area (Å²) in [5, 5.41) is 9.13. The monoisotopic (exact) mass is 256 g/mol. The van der Waals surface area contributed by atoms with Crippen molar-refractivity contribution >= 4 is 17.2 Å². The van der Waals surface area contributed by atoms with Crippen LogP contribution in [0.5, 0.6) is 0 Å². The summed E-state index contributed by atoms with van der Waals surface area (Å²) in [6.45, 7) is 2.63.